The third-order valence-electron chi connectivity index (χ3n) is 4.41. The van der Waals surface area contributed by atoms with Gasteiger partial charge in [0.25, 0.3) is 5.91 Å². The fourth-order valence-electron chi connectivity index (χ4n) is 2.71. The Labute approximate surface area is 148 Å². The van der Waals surface area contributed by atoms with E-state index in [1.807, 2.05) is 24.3 Å². The Morgan fingerprint density at radius 3 is 2.76 bits per heavy atom. The highest BCUT2D eigenvalue weighted by atomic mass is 16.5. The molecule has 1 aromatic heterocycles. The molecule has 1 heterocycles. The number of aryl methyl sites for hydroxylation is 1. The summed E-state index contributed by atoms with van der Waals surface area (Å²) >= 11 is 0. The zero-order valence-electron chi connectivity index (χ0n) is 14.8. The second kappa shape index (κ2) is 8.12. The van der Waals surface area contributed by atoms with Gasteiger partial charge in [-0.2, -0.15) is 0 Å². The first kappa shape index (κ1) is 17.4. The highest BCUT2D eigenvalue weighted by Gasteiger charge is 2.22. The lowest BCUT2D eigenvalue weighted by Gasteiger charge is -2.14. The summed E-state index contributed by atoms with van der Waals surface area (Å²) in [6, 6.07) is 11.9. The topological polar surface area (TPSA) is 63.2 Å². The predicted molar refractivity (Wildman–Crippen MR) is 99.8 cm³/mol. The van der Waals surface area contributed by atoms with E-state index in [0.717, 1.165) is 17.8 Å². The van der Waals surface area contributed by atoms with E-state index in [-0.39, 0.29) is 5.91 Å². The van der Waals surface area contributed by atoms with Crippen molar-refractivity contribution in [3.63, 3.8) is 0 Å². The Hall–Kier alpha value is -2.40. The van der Waals surface area contributed by atoms with Crippen LogP contribution in [0, 0.1) is 12.8 Å². The van der Waals surface area contributed by atoms with E-state index >= 15 is 0 Å². The predicted octanol–water partition coefficient (Wildman–Crippen LogP) is 3.26. The summed E-state index contributed by atoms with van der Waals surface area (Å²) < 4.78 is 4.99. The van der Waals surface area contributed by atoms with Crippen LogP contribution >= 0.6 is 0 Å². The molecule has 1 aliphatic rings. The molecule has 2 aromatic rings. The van der Waals surface area contributed by atoms with Crippen molar-refractivity contribution in [1.82, 2.24) is 10.3 Å². The minimum absolute atomic E-state index is 0.126. The van der Waals surface area contributed by atoms with Crippen LogP contribution in [-0.4, -0.2) is 37.7 Å². The van der Waals surface area contributed by atoms with Crippen LogP contribution in [-0.2, 0) is 4.74 Å². The molecule has 1 aromatic carbocycles. The van der Waals surface area contributed by atoms with Gasteiger partial charge in [-0.1, -0.05) is 24.3 Å². The Morgan fingerprint density at radius 1 is 1.24 bits per heavy atom. The summed E-state index contributed by atoms with van der Waals surface area (Å²) in [5.41, 5.74) is 3.71. The van der Waals surface area contributed by atoms with Crippen LogP contribution in [0.15, 0.2) is 36.4 Å². The molecule has 5 heteroatoms. The van der Waals surface area contributed by atoms with Crippen molar-refractivity contribution < 1.29 is 9.53 Å². The number of nitrogens with zero attached hydrogens (tertiary/aromatic N) is 1. The van der Waals surface area contributed by atoms with E-state index in [1.54, 1.807) is 7.11 Å². The molecule has 0 radical (unpaired) electrons. The first-order chi connectivity index (χ1) is 12.2. The van der Waals surface area contributed by atoms with Gasteiger partial charge in [0, 0.05) is 25.8 Å². The number of anilines is 1. The number of carbonyl (C=O) groups excluding carboxylic acids is 1. The molecule has 1 amide bonds. The van der Waals surface area contributed by atoms with Crippen molar-refractivity contribution in [3.8, 4) is 11.3 Å². The van der Waals surface area contributed by atoms with E-state index < -0.39 is 0 Å². The van der Waals surface area contributed by atoms with Gasteiger partial charge in [-0.05, 0) is 43.4 Å². The Kier molecular flexibility index (Phi) is 5.66. The van der Waals surface area contributed by atoms with Gasteiger partial charge in [-0.3, -0.25) is 4.79 Å². The number of pyridine rings is 1. The zero-order valence-corrected chi connectivity index (χ0v) is 14.8. The number of hydrogen-bond donors (Lipinski definition) is 2. The average molecular weight is 339 g/mol. The number of ether oxygens (including phenoxy) is 1. The average Bonchev–Trinajstić information content (AvgIpc) is 3.45. The lowest BCUT2D eigenvalue weighted by molar-refractivity contribution is 0.0937. The minimum atomic E-state index is -0.126. The summed E-state index contributed by atoms with van der Waals surface area (Å²) in [5.74, 6) is 1.23. The number of carbonyl (C=O) groups is 1. The first-order valence-corrected chi connectivity index (χ1v) is 8.77. The van der Waals surface area contributed by atoms with Gasteiger partial charge in [0.1, 0.15) is 5.82 Å². The van der Waals surface area contributed by atoms with Crippen LogP contribution in [0.3, 0.4) is 0 Å². The molecule has 0 saturated heterocycles. The highest BCUT2D eigenvalue weighted by Crippen LogP contribution is 2.30. The molecule has 132 valence electrons. The van der Waals surface area contributed by atoms with Gasteiger partial charge < -0.3 is 15.4 Å². The molecule has 0 spiro atoms. The van der Waals surface area contributed by atoms with Crippen molar-refractivity contribution in [2.45, 2.75) is 19.8 Å². The maximum absolute atomic E-state index is 12.5. The van der Waals surface area contributed by atoms with Crippen LogP contribution in [0.1, 0.15) is 28.8 Å². The molecular formula is C20H25N3O2. The maximum atomic E-state index is 12.5. The molecule has 2 N–H and O–H groups in total. The lowest BCUT2D eigenvalue weighted by atomic mass is 10.0. The minimum Gasteiger partial charge on any atom is -0.383 e. The Balaban J connectivity index is 1.86. The van der Waals surface area contributed by atoms with E-state index in [2.05, 4.69) is 29.7 Å². The van der Waals surface area contributed by atoms with Crippen LogP contribution in [0.5, 0.6) is 0 Å². The fourth-order valence-corrected chi connectivity index (χ4v) is 2.71. The number of benzene rings is 1. The SMILES string of the molecule is COCCNC(=O)c1ccc(-c2ccccc2C)nc1NCC1CC1. The quantitative estimate of drug-likeness (QED) is 0.725. The standard InChI is InChI=1S/C20H25N3O2/c1-14-5-3-4-6-16(14)18-10-9-17(20(24)21-11-12-25-2)19(23-18)22-13-15-7-8-15/h3-6,9-10,15H,7-8,11-13H2,1-2H3,(H,21,24)(H,22,23). The number of rotatable bonds is 8. The molecular weight excluding hydrogens is 314 g/mol. The van der Waals surface area contributed by atoms with Crippen molar-refractivity contribution in [2.24, 2.45) is 5.92 Å². The van der Waals surface area contributed by atoms with Crippen LogP contribution in [0.25, 0.3) is 11.3 Å². The van der Waals surface area contributed by atoms with E-state index in [0.29, 0.717) is 30.5 Å². The number of hydrogen-bond acceptors (Lipinski definition) is 4. The molecule has 1 fully saturated rings. The molecule has 1 saturated carbocycles. The van der Waals surface area contributed by atoms with E-state index in [4.69, 9.17) is 9.72 Å². The normalized spacial score (nSPS) is 13.5. The second-order valence-electron chi connectivity index (χ2n) is 6.48. The van der Waals surface area contributed by atoms with Crippen molar-refractivity contribution in [3.05, 3.63) is 47.5 Å². The number of nitrogens with one attached hydrogen (secondary N) is 2. The van der Waals surface area contributed by atoms with Gasteiger partial charge >= 0.3 is 0 Å². The van der Waals surface area contributed by atoms with Crippen molar-refractivity contribution in [1.29, 1.82) is 0 Å². The number of amides is 1. The maximum Gasteiger partial charge on any atom is 0.255 e. The molecule has 0 aliphatic heterocycles. The number of methoxy groups -OCH3 is 1. The summed E-state index contributed by atoms with van der Waals surface area (Å²) in [6.45, 7) is 3.91. The molecule has 25 heavy (non-hydrogen) atoms. The van der Waals surface area contributed by atoms with Crippen LogP contribution < -0.4 is 10.6 Å². The summed E-state index contributed by atoms with van der Waals surface area (Å²) in [5, 5.41) is 6.24. The van der Waals surface area contributed by atoms with Crippen LogP contribution in [0.4, 0.5) is 5.82 Å². The van der Waals surface area contributed by atoms with Crippen molar-refractivity contribution >= 4 is 11.7 Å². The summed E-state index contributed by atoms with van der Waals surface area (Å²) in [4.78, 5) is 17.2. The van der Waals surface area contributed by atoms with Gasteiger partial charge in [0.15, 0.2) is 0 Å². The van der Waals surface area contributed by atoms with E-state index in [1.165, 1.54) is 18.4 Å². The Bertz CT molecular complexity index is 741. The van der Waals surface area contributed by atoms with Gasteiger partial charge in [0.2, 0.25) is 0 Å². The molecule has 0 atom stereocenters. The van der Waals surface area contributed by atoms with Gasteiger partial charge in [-0.15, -0.1) is 0 Å². The molecule has 0 bridgehead atoms. The summed E-state index contributed by atoms with van der Waals surface area (Å²) in [6.07, 6.45) is 2.50. The van der Waals surface area contributed by atoms with E-state index in [9.17, 15) is 4.79 Å². The monoisotopic (exact) mass is 339 g/mol. The third kappa shape index (κ3) is 4.57. The highest BCUT2D eigenvalue weighted by molar-refractivity contribution is 5.99. The first-order valence-electron chi connectivity index (χ1n) is 8.77. The fraction of sp³-hybridized carbons (Fsp3) is 0.400. The third-order valence-corrected chi connectivity index (χ3v) is 4.41. The smallest absolute Gasteiger partial charge is 0.255 e. The largest absolute Gasteiger partial charge is 0.383 e. The molecule has 0 unspecified atom stereocenters. The second-order valence-corrected chi connectivity index (χ2v) is 6.48. The molecule has 3 rings (SSSR count). The lowest BCUT2D eigenvalue weighted by Crippen LogP contribution is -2.28. The summed E-state index contributed by atoms with van der Waals surface area (Å²) in [7, 11) is 1.62. The number of aromatic nitrogens is 1. The van der Waals surface area contributed by atoms with Crippen LogP contribution in [0.2, 0.25) is 0 Å². The molecule has 1 aliphatic carbocycles. The zero-order chi connectivity index (χ0) is 17.6. The van der Waals surface area contributed by atoms with Gasteiger partial charge in [0.05, 0.1) is 17.9 Å². The Morgan fingerprint density at radius 2 is 2.04 bits per heavy atom. The van der Waals surface area contributed by atoms with Gasteiger partial charge in [-0.25, -0.2) is 4.98 Å². The van der Waals surface area contributed by atoms with Crippen molar-refractivity contribution in [2.75, 3.05) is 32.1 Å². The molecule has 5 nitrogen and oxygen atoms in total.